The van der Waals surface area contributed by atoms with Gasteiger partial charge < -0.3 is 15.2 Å². The highest BCUT2D eigenvalue weighted by Gasteiger charge is 2.13. The number of benzene rings is 2. The summed E-state index contributed by atoms with van der Waals surface area (Å²) < 4.78 is 5.45. The highest BCUT2D eigenvalue weighted by atomic mass is 16.6. The van der Waals surface area contributed by atoms with E-state index in [9.17, 15) is 15.2 Å². The summed E-state index contributed by atoms with van der Waals surface area (Å²) in [7, 11) is 0. The van der Waals surface area contributed by atoms with E-state index in [2.05, 4.69) is 36.5 Å². The molecule has 0 saturated heterocycles. The first kappa shape index (κ1) is 18.9. The Morgan fingerprint density at radius 3 is 2.60 bits per heavy atom. The number of nitro groups is 1. The van der Waals surface area contributed by atoms with Crippen LogP contribution in [0.3, 0.4) is 0 Å². The molecule has 6 nitrogen and oxygen atoms in total. The fourth-order valence-corrected chi connectivity index (χ4v) is 2.51. The van der Waals surface area contributed by atoms with Crippen LogP contribution in [0.1, 0.15) is 30.5 Å². The predicted octanol–water partition coefficient (Wildman–Crippen LogP) is 3.38. The normalized spacial score (nSPS) is 13.2. The van der Waals surface area contributed by atoms with E-state index < -0.39 is 11.0 Å². The third kappa shape index (κ3) is 5.85. The second-order valence-electron chi connectivity index (χ2n) is 6.00. The zero-order chi connectivity index (χ0) is 18.2. The summed E-state index contributed by atoms with van der Waals surface area (Å²) in [4.78, 5) is 10.3. The van der Waals surface area contributed by atoms with Crippen LogP contribution in [0.15, 0.2) is 48.5 Å². The average molecular weight is 344 g/mol. The van der Waals surface area contributed by atoms with Gasteiger partial charge in [0.05, 0.1) is 11.0 Å². The number of nitrogens with one attached hydrogen (secondary N) is 1. The first-order valence-corrected chi connectivity index (χ1v) is 8.35. The molecule has 0 bridgehead atoms. The molecule has 0 aliphatic heterocycles. The van der Waals surface area contributed by atoms with Crippen LogP contribution in [0.25, 0.3) is 0 Å². The highest BCUT2D eigenvalue weighted by Crippen LogP contribution is 2.19. The topological polar surface area (TPSA) is 84.6 Å². The minimum atomic E-state index is -0.709. The number of nitrogens with zero attached hydrogens (tertiary/aromatic N) is 1. The van der Waals surface area contributed by atoms with Crippen molar-refractivity contribution in [2.24, 2.45) is 0 Å². The summed E-state index contributed by atoms with van der Waals surface area (Å²) in [6.07, 6.45) is 0.195. The molecular weight excluding hydrogens is 320 g/mol. The van der Waals surface area contributed by atoms with Crippen molar-refractivity contribution in [1.29, 1.82) is 0 Å². The molecule has 0 spiro atoms. The van der Waals surface area contributed by atoms with Gasteiger partial charge >= 0.3 is 0 Å². The Morgan fingerprint density at radius 1 is 1.24 bits per heavy atom. The molecule has 0 fully saturated rings. The number of hydrogen-bond acceptors (Lipinski definition) is 5. The van der Waals surface area contributed by atoms with Crippen LogP contribution in [-0.2, 0) is 0 Å². The lowest BCUT2D eigenvalue weighted by Gasteiger charge is -2.20. The summed E-state index contributed by atoms with van der Waals surface area (Å²) in [5.74, 6) is 0.374. The monoisotopic (exact) mass is 344 g/mol. The lowest BCUT2D eigenvalue weighted by Crippen LogP contribution is -2.33. The van der Waals surface area contributed by atoms with E-state index in [4.69, 9.17) is 4.74 Å². The maximum atomic E-state index is 10.7. The van der Waals surface area contributed by atoms with Gasteiger partial charge in [0.2, 0.25) is 0 Å². The molecule has 25 heavy (non-hydrogen) atoms. The maximum Gasteiger partial charge on any atom is 0.273 e. The van der Waals surface area contributed by atoms with Gasteiger partial charge in [0.15, 0.2) is 0 Å². The van der Waals surface area contributed by atoms with Crippen LogP contribution in [-0.4, -0.2) is 29.3 Å². The molecule has 6 heteroatoms. The molecule has 0 aliphatic carbocycles. The zero-order valence-corrected chi connectivity index (χ0v) is 14.5. The fraction of sp³-hybridized carbons (Fsp3) is 0.368. The largest absolute Gasteiger partial charge is 0.491 e. The van der Waals surface area contributed by atoms with Gasteiger partial charge in [-0.05, 0) is 25.0 Å². The van der Waals surface area contributed by atoms with Gasteiger partial charge in [0, 0.05) is 18.7 Å². The Balaban J connectivity index is 1.83. The van der Waals surface area contributed by atoms with Crippen LogP contribution in [0, 0.1) is 17.0 Å². The van der Waals surface area contributed by atoms with E-state index in [-0.39, 0.29) is 18.3 Å². The summed E-state index contributed by atoms with van der Waals surface area (Å²) in [6.45, 7) is 4.58. The quantitative estimate of drug-likeness (QED) is 0.538. The van der Waals surface area contributed by atoms with Gasteiger partial charge in [-0.15, -0.1) is 0 Å². The van der Waals surface area contributed by atoms with E-state index >= 15 is 0 Å². The van der Waals surface area contributed by atoms with Crippen LogP contribution >= 0.6 is 0 Å². The fourth-order valence-electron chi connectivity index (χ4n) is 2.51. The van der Waals surface area contributed by atoms with Crippen molar-refractivity contribution in [3.8, 4) is 5.75 Å². The summed E-state index contributed by atoms with van der Waals surface area (Å²) >= 11 is 0. The number of rotatable bonds is 9. The summed E-state index contributed by atoms with van der Waals surface area (Å²) in [5.41, 5.74) is 2.36. The second-order valence-corrected chi connectivity index (χ2v) is 6.00. The van der Waals surface area contributed by atoms with E-state index in [0.29, 0.717) is 12.3 Å². The molecule has 2 atom stereocenters. The second kappa shape index (κ2) is 9.15. The zero-order valence-electron chi connectivity index (χ0n) is 14.5. The van der Waals surface area contributed by atoms with E-state index in [1.165, 1.54) is 23.3 Å². The predicted molar refractivity (Wildman–Crippen MR) is 96.8 cm³/mol. The summed E-state index contributed by atoms with van der Waals surface area (Å²) in [6, 6.07) is 14.4. The van der Waals surface area contributed by atoms with Crippen LogP contribution < -0.4 is 10.1 Å². The molecule has 0 amide bonds. The number of non-ortho nitro benzene ring substituents is 1. The molecule has 2 aromatic rings. The Kier molecular flexibility index (Phi) is 6.91. The van der Waals surface area contributed by atoms with Gasteiger partial charge in [-0.1, -0.05) is 42.8 Å². The van der Waals surface area contributed by atoms with Crippen LogP contribution in [0.5, 0.6) is 5.75 Å². The number of aryl methyl sites for hydroxylation is 1. The highest BCUT2D eigenvalue weighted by molar-refractivity contribution is 5.37. The van der Waals surface area contributed by atoms with Gasteiger partial charge in [0.25, 0.3) is 5.69 Å². The molecule has 134 valence electrons. The molecule has 0 unspecified atom stereocenters. The lowest BCUT2D eigenvalue weighted by atomic mass is 10.0. The smallest absolute Gasteiger partial charge is 0.273 e. The maximum absolute atomic E-state index is 10.7. The Bertz CT molecular complexity index is 688. The number of aliphatic hydroxyl groups excluding tert-OH is 1. The Labute approximate surface area is 147 Å². The van der Waals surface area contributed by atoms with Gasteiger partial charge in [-0.3, -0.25) is 10.1 Å². The minimum absolute atomic E-state index is 0.0319. The van der Waals surface area contributed by atoms with Crippen molar-refractivity contribution in [2.45, 2.75) is 32.4 Å². The van der Waals surface area contributed by atoms with Crippen molar-refractivity contribution in [3.63, 3.8) is 0 Å². The Hall–Kier alpha value is -2.44. The average Bonchev–Trinajstić information content (AvgIpc) is 2.62. The minimum Gasteiger partial charge on any atom is -0.491 e. The molecular formula is C19H24N2O4. The van der Waals surface area contributed by atoms with Gasteiger partial charge in [0.1, 0.15) is 18.5 Å². The lowest BCUT2D eigenvalue weighted by molar-refractivity contribution is -0.384. The molecule has 2 aromatic carbocycles. The SMILES string of the molecule is CC[C@H](NC[C@H](O)COc1cccc([N+](=O)[O-])c1)c1ccc(C)cc1. The number of hydrogen-bond donors (Lipinski definition) is 2. The summed E-state index contributed by atoms with van der Waals surface area (Å²) in [5, 5.41) is 24.2. The molecule has 0 aliphatic rings. The molecule has 0 heterocycles. The van der Waals surface area contributed by atoms with Crippen molar-refractivity contribution in [2.75, 3.05) is 13.2 Å². The Morgan fingerprint density at radius 2 is 1.96 bits per heavy atom. The van der Waals surface area contributed by atoms with Crippen LogP contribution in [0.2, 0.25) is 0 Å². The number of ether oxygens (including phenoxy) is 1. The standard InChI is InChI=1S/C19H24N2O4/c1-3-19(15-9-7-14(2)8-10-15)20-12-17(22)13-25-18-6-4-5-16(11-18)21(23)24/h4-11,17,19-20,22H,3,12-13H2,1-2H3/t17-,19-/m0/s1. The third-order valence-electron chi connectivity index (χ3n) is 3.96. The molecule has 2 N–H and O–H groups in total. The molecule has 0 radical (unpaired) electrons. The van der Waals surface area contributed by atoms with Crippen molar-refractivity contribution in [1.82, 2.24) is 5.32 Å². The molecule has 2 rings (SSSR count). The number of nitro benzene ring substituents is 1. The van der Waals surface area contributed by atoms with Gasteiger partial charge in [-0.2, -0.15) is 0 Å². The van der Waals surface area contributed by atoms with Crippen molar-refractivity contribution in [3.05, 3.63) is 69.8 Å². The van der Waals surface area contributed by atoms with E-state index in [0.717, 1.165) is 6.42 Å². The van der Waals surface area contributed by atoms with E-state index in [1.54, 1.807) is 12.1 Å². The van der Waals surface area contributed by atoms with Crippen LogP contribution in [0.4, 0.5) is 5.69 Å². The van der Waals surface area contributed by atoms with Crippen molar-refractivity contribution < 1.29 is 14.8 Å². The van der Waals surface area contributed by atoms with E-state index in [1.807, 2.05) is 6.92 Å². The van der Waals surface area contributed by atoms with Gasteiger partial charge in [-0.25, -0.2) is 0 Å². The molecule has 0 aromatic heterocycles. The van der Waals surface area contributed by atoms with Crippen molar-refractivity contribution >= 4 is 5.69 Å². The molecule has 0 saturated carbocycles. The number of aliphatic hydroxyl groups is 1. The third-order valence-corrected chi connectivity index (χ3v) is 3.96. The first-order chi connectivity index (χ1) is 12.0. The first-order valence-electron chi connectivity index (χ1n) is 8.35.